The highest BCUT2D eigenvalue weighted by Gasteiger charge is 2.29. The van der Waals surface area contributed by atoms with Gasteiger partial charge in [0.05, 0.1) is 6.10 Å². The Balaban J connectivity index is 4.24. The van der Waals surface area contributed by atoms with Gasteiger partial charge in [0.2, 0.25) is 0 Å². The molecule has 3 nitrogen and oxygen atoms in total. The molecule has 0 aromatic carbocycles. The van der Waals surface area contributed by atoms with Gasteiger partial charge in [-0.15, -0.1) is 0 Å². The number of Topliss-reactive ketones (excluding diaryl/α,β-unsaturated/α-hetero) is 1. The average molecular weight is 218 g/mol. The summed E-state index contributed by atoms with van der Waals surface area (Å²) >= 11 is 0. The standard InChI is InChI=1S/C11H19FO3/c1-5-6-9(12)10(13)8(4)11(14)15-7(2)3/h7-9H,5-6H2,1-4H3. The maximum absolute atomic E-state index is 13.2. The molecular weight excluding hydrogens is 199 g/mol. The normalized spacial score (nSPS) is 14.8. The van der Waals surface area contributed by atoms with Crippen molar-refractivity contribution in [2.45, 2.75) is 52.8 Å². The lowest BCUT2D eigenvalue weighted by Crippen LogP contribution is -2.31. The number of ketones is 1. The lowest BCUT2D eigenvalue weighted by molar-refractivity contribution is -0.155. The Morgan fingerprint density at radius 1 is 1.27 bits per heavy atom. The van der Waals surface area contributed by atoms with Crippen molar-refractivity contribution in [3.05, 3.63) is 0 Å². The van der Waals surface area contributed by atoms with Crippen molar-refractivity contribution in [1.82, 2.24) is 0 Å². The van der Waals surface area contributed by atoms with Gasteiger partial charge in [-0.1, -0.05) is 13.3 Å². The Hall–Kier alpha value is -0.930. The van der Waals surface area contributed by atoms with Gasteiger partial charge in [0.25, 0.3) is 0 Å². The molecule has 4 heteroatoms. The predicted octanol–water partition coefficient (Wildman–Crippen LogP) is 2.28. The van der Waals surface area contributed by atoms with Gasteiger partial charge in [0.1, 0.15) is 5.92 Å². The summed E-state index contributed by atoms with van der Waals surface area (Å²) in [5.41, 5.74) is 0. The number of hydrogen-bond acceptors (Lipinski definition) is 3. The average Bonchev–Trinajstić information content (AvgIpc) is 2.14. The van der Waals surface area contributed by atoms with E-state index in [2.05, 4.69) is 0 Å². The summed E-state index contributed by atoms with van der Waals surface area (Å²) in [6.45, 7) is 6.55. The zero-order valence-electron chi connectivity index (χ0n) is 9.75. The van der Waals surface area contributed by atoms with Crippen molar-refractivity contribution in [2.75, 3.05) is 0 Å². The zero-order chi connectivity index (χ0) is 12.0. The Morgan fingerprint density at radius 2 is 1.80 bits per heavy atom. The van der Waals surface area contributed by atoms with Crippen LogP contribution in [0.3, 0.4) is 0 Å². The van der Waals surface area contributed by atoms with Crippen LogP contribution >= 0.6 is 0 Å². The molecule has 2 atom stereocenters. The van der Waals surface area contributed by atoms with Crippen LogP contribution in [0.2, 0.25) is 0 Å². The molecule has 0 aliphatic rings. The number of esters is 1. The summed E-state index contributed by atoms with van der Waals surface area (Å²) in [5.74, 6) is -2.33. The number of alkyl halides is 1. The van der Waals surface area contributed by atoms with E-state index in [1.807, 2.05) is 0 Å². The second kappa shape index (κ2) is 6.53. The number of rotatable bonds is 6. The van der Waals surface area contributed by atoms with E-state index < -0.39 is 23.8 Å². The Labute approximate surface area is 90.0 Å². The Morgan fingerprint density at radius 3 is 2.20 bits per heavy atom. The molecule has 88 valence electrons. The van der Waals surface area contributed by atoms with E-state index in [0.29, 0.717) is 6.42 Å². The first-order valence-corrected chi connectivity index (χ1v) is 5.28. The van der Waals surface area contributed by atoms with Crippen molar-refractivity contribution in [1.29, 1.82) is 0 Å². The van der Waals surface area contributed by atoms with Gasteiger partial charge in [-0.05, 0) is 27.2 Å². The third kappa shape index (κ3) is 4.91. The van der Waals surface area contributed by atoms with Crippen LogP contribution in [0.5, 0.6) is 0 Å². The summed E-state index contributed by atoms with van der Waals surface area (Å²) in [7, 11) is 0. The molecule has 15 heavy (non-hydrogen) atoms. The highest BCUT2D eigenvalue weighted by atomic mass is 19.1. The first kappa shape index (κ1) is 14.1. The van der Waals surface area contributed by atoms with Gasteiger partial charge in [0, 0.05) is 0 Å². The number of ether oxygens (including phenoxy) is 1. The van der Waals surface area contributed by atoms with Crippen LogP contribution in [-0.2, 0) is 14.3 Å². The minimum atomic E-state index is -1.55. The van der Waals surface area contributed by atoms with Crippen LogP contribution in [0, 0.1) is 5.92 Å². The summed E-state index contributed by atoms with van der Waals surface area (Å²) in [4.78, 5) is 22.7. The van der Waals surface area contributed by atoms with Gasteiger partial charge in [-0.2, -0.15) is 0 Å². The second-order valence-corrected chi connectivity index (χ2v) is 3.87. The molecule has 0 aliphatic heterocycles. The van der Waals surface area contributed by atoms with Gasteiger partial charge in [-0.3, -0.25) is 9.59 Å². The number of halogens is 1. The van der Waals surface area contributed by atoms with Crippen molar-refractivity contribution < 1.29 is 18.7 Å². The lowest BCUT2D eigenvalue weighted by Gasteiger charge is -2.14. The van der Waals surface area contributed by atoms with E-state index in [0.717, 1.165) is 0 Å². The molecule has 0 aromatic rings. The molecule has 0 spiro atoms. The maximum atomic E-state index is 13.2. The van der Waals surface area contributed by atoms with E-state index in [1.54, 1.807) is 20.8 Å². The van der Waals surface area contributed by atoms with Crippen LogP contribution in [-0.4, -0.2) is 24.0 Å². The van der Waals surface area contributed by atoms with Crippen LogP contribution in [0.1, 0.15) is 40.5 Å². The smallest absolute Gasteiger partial charge is 0.316 e. The van der Waals surface area contributed by atoms with Crippen molar-refractivity contribution >= 4 is 11.8 Å². The first-order chi connectivity index (χ1) is 6.90. The quantitative estimate of drug-likeness (QED) is 0.507. The SMILES string of the molecule is CCCC(F)C(=O)C(C)C(=O)OC(C)C. The number of carbonyl (C=O) groups is 2. The summed E-state index contributed by atoms with van der Waals surface area (Å²) in [6, 6.07) is 0. The Bertz CT molecular complexity index is 226. The molecule has 0 aromatic heterocycles. The topological polar surface area (TPSA) is 43.4 Å². The summed E-state index contributed by atoms with van der Waals surface area (Å²) in [5, 5.41) is 0. The summed E-state index contributed by atoms with van der Waals surface area (Å²) in [6.07, 6.45) is -1.08. The minimum Gasteiger partial charge on any atom is -0.462 e. The lowest BCUT2D eigenvalue weighted by atomic mass is 10.0. The van der Waals surface area contributed by atoms with Gasteiger partial charge in [0.15, 0.2) is 12.0 Å². The van der Waals surface area contributed by atoms with E-state index >= 15 is 0 Å². The molecule has 0 N–H and O–H groups in total. The molecule has 0 aliphatic carbocycles. The molecule has 0 amide bonds. The number of carbonyl (C=O) groups excluding carboxylic acids is 2. The molecule has 0 saturated heterocycles. The molecule has 0 rings (SSSR count). The van der Waals surface area contributed by atoms with Crippen molar-refractivity contribution in [3.8, 4) is 0 Å². The zero-order valence-corrected chi connectivity index (χ0v) is 9.75. The maximum Gasteiger partial charge on any atom is 0.316 e. The molecule has 0 fully saturated rings. The minimum absolute atomic E-state index is 0.165. The second-order valence-electron chi connectivity index (χ2n) is 3.87. The molecule has 0 saturated carbocycles. The third-order valence-corrected chi connectivity index (χ3v) is 1.98. The van der Waals surface area contributed by atoms with E-state index in [4.69, 9.17) is 4.74 Å². The van der Waals surface area contributed by atoms with E-state index in [1.165, 1.54) is 6.92 Å². The molecule has 0 bridgehead atoms. The molecule has 2 unspecified atom stereocenters. The summed E-state index contributed by atoms with van der Waals surface area (Å²) < 4.78 is 18.0. The highest BCUT2D eigenvalue weighted by Crippen LogP contribution is 2.12. The highest BCUT2D eigenvalue weighted by molar-refractivity contribution is 6.00. The molecule has 0 heterocycles. The largest absolute Gasteiger partial charge is 0.462 e. The van der Waals surface area contributed by atoms with Crippen LogP contribution in [0.25, 0.3) is 0 Å². The van der Waals surface area contributed by atoms with Crippen LogP contribution in [0.15, 0.2) is 0 Å². The number of hydrogen-bond donors (Lipinski definition) is 0. The molecule has 0 radical (unpaired) electrons. The molecular formula is C11H19FO3. The fourth-order valence-corrected chi connectivity index (χ4v) is 1.12. The van der Waals surface area contributed by atoms with Gasteiger partial charge < -0.3 is 4.74 Å². The van der Waals surface area contributed by atoms with Crippen molar-refractivity contribution in [2.24, 2.45) is 5.92 Å². The fraction of sp³-hybridized carbons (Fsp3) is 0.818. The monoisotopic (exact) mass is 218 g/mol. The predicted molar refractivity (Wildman–Crippen MR) is 55.2 cm³/mol. The van der Waals surface area contributed by atoms with Gasteiger partial charge in [-0.25, -0.2) is 4.39 Å². The van der Waals surface area contributed by atoms with Crippen LogP contribution < -0.4 is 0 Å². The first-order valence-electron chi connectivity index (χ1n) is 5.28. The van der Waals surface area contributed by atoms with Gasteiger partial charge >= 0.3 is 5.97 Å². The van der Waals surface area contributed by atoms with E-state index in [-0.39, 0.29) is 12.5 Å². The fourth-order valence-electron chi connectivity index (χ4n) is 1.12. The van der Waals surface area contributed by atoms with E-state index in [9.17, 15) is 14.0 Å². The third-order valence-electron chi connectivity index (χ3n) is 1.98. The van der Waals surface area contributed by atoms with Crippen LogP contribution in [0.4, 0.5) is 4.39 Å². The van der Waals surface area contributed by atoms with Crippen molar-refractivity contribution in [3.63, 3.8) is 0 Å². The Kier molecular flexibility index (Phi) is 6.13.